The maximum atomic E-state index is 5.87. The quantitative estimate of drug-likeness (QED) is 0.815. The third-order valence-corrected chi connectivity index (χ3v) is 4.50. The van der Waals surface area contributed by atoms with Crippen LogP contribution < -0.4 is 5.73 Å². The molecule has 3 heteroatoms. The molecule has 1 saturated heterocycles. The summed E-state index contributed by atoms with van der Waals surface area (Å²) in [6.07, 6.45) is 6.90. The molecule has 2 rings (SSSR count). The van der Waals surface area contributed by atoms with Gasteiger partial charge in [-0.15, -0.1) is 0 Å². The standard InChI is InChI=1S/C14H28N2O/c1-2-14-11-16(7-4-8-17-14)10-13-6-3-5-12(13)9-15/h12-14H,2-11,15H2,1H3. The summed E-state index contributed by atoms with van der Waals surface area (Å²) in [5, 5.41) is 0. The van der Waals surface area contributed by atoms with Crippen LogP contribution in [0.15, 0.2) is 0 Å². The van der Waals surface area contributed by atoms with E-state index in [9.17, 15) is 0 Å². The van der Waals surface area contributed by atoms with Crippen molar-refractivity contribution in [2.75, 3.05) is 32.8 Å². The first-order chi connectivity index (χ1) is 8.33. The summed E-state index contributed by atoms with van der Waals surface area (Å²) in [5.74, 6) is 1.62. The number of hydrogen-bond acceptors (Lipinski definition) is 3. The molecule has 100 valence electrons. The zero-order chi connectivity index (χ0) is 12.1. The van der Waals surface area contributed by atoms with Crippen LogP contribution in [0.2, 0.25) is 0 Å². The summed E-state index contributed by atoms with van der Waals surface area (Å²) in [6.45, 7) is 7.65. The predicted octanol–water partition coefficient (Wildman–Crippen LogP) is 1.86. The summed E-state index contributed by atoms with van der Waals surface area (Å²) in [7, 11) is 0. The third-order valence-electron chi connectivity index (χ3n) is 4.50. The Morgan fingerprint density at radius 3 is 2.82 bits per heavy atom. The average molecular weight is 240 g/mol. The Morgan fingerprint density at radius 1 is 1.24 bits per heavy atom. The number of nitrogens with two attached hydrogens (primary N) is 1. The highest BCUT2D eigenvalue weighted by Crippen LogP contribution is 2.31. The Bertz CT molecular complexity index is 222. The lowest BCUT2D eigenvalue weighted by Crippen LogP contribution is -2.37. The Morgan fingerprint density at radius 2 is 2.06 bits per heavy atom. The first-order valence-electron chi connectivity index (χ1n) is 7.37. The minimum atomic E-state index is 0.454. The van der Waals surface area contributed by atoms with Crippen molar-refractivity contribution in [3.05, 3.63) is 0 Å². The smallest absolute Gasteiger partial charge is 0.0699 e. The van der Waals surface area contributed by atoms with Gasteiger partial charge in [0.25, 0.3) is 0 Å². The highest BCUT2D eigenvalue weighted by Gasteiger charge is 2.28. The third kappa shape index (κ3) is 3.67. The maximum Gasteiger partial charge on any atom is 0.0699 e. The predicted molar refractivity (Wildman–Crippen MR) is 71.0 cm³/mol. The zero-order valence-electron chi connectivity index (χ0n) is 11.2. The van der Waals surface area contributed by atoms with Gasteiger partial charge in [0.1, 0.15) is 0 Å². The fourth-order valence-corrected chi connectivity index (χ4v) is 3.38. The van der Waals surface area contributed by atoms with Gasteiger partial charge in [-0.3, -0.25) is 0 Å². The van der Waals surface area contributed by atoms with Crippen LogP contribution in [-0.4, -0.2) is 43.8 Å². The highest BCUT2D eigenvalue weighted by molar-refractivity contribution is 4.82. The van der Waals surface area contributed by atoms with Crippen molar-refractivity contribution in [2.45, 2.75) is 45.1 Å². The Labute approximate surface area is 106 Å². The van der Waals surface area contributed by atoms with Crippen LogP contribution in [0, 0.1) is 11.8 Å². The molecular weight excluding hydrogens is 212 g/mol. The number of rotatable bonds is 4. The van der Waals surface area contributed by atoms with E-state index in [1.807, 2.05) is 0 Å². The number of hydrogen-bond donors (Lipinski definition) is 1. The van der Waals surface area contributed by atoms with Crippen LogP contribution in [0.5, 0.6) is 0 Å². The molecule has 0 spiro atoms. The normalized spacial score (nSPS) is 36.0. The molecule has 0 aromatic rings. The fourth-order valence-electron chi connectivity index (χ4n) is 3.38. The maximum absolute atomic E-state index is 5.87. The fraction of sp³-hybridized carbons (Fsp3) is 1.00. The molecule has 0 amide bonds. The molecule has 0 aromatic carbocycles. The second-order valence-electron chi connectivity index (χ2n) is 5.70. The van der Waals surface area contributed by atoms with Crippen LogP contribution in [-0.2, 0) is 4.74 Å². The second kappa shape index (κ2) is 6.72. The molecule has 2 fully saturated rings. The van der Waals surface area contributed by atoms with E-state index in [0.717, 1.165) is 38.0 Å². The van der Waals surface area contributed by atoms with E-state index in [-0.39, 0.29) is 0 Å². The van der Waals surface area contributed by atoms with Crippen LogP contribution in [0.4, 0.5) is 0 Å². The number of nitrogens with zero attached hydrogens (tertiary/aromatic N) is 1. The van der Waals surface area contributed by atoms with E-state index < -0.39 is 0 Å². The zero-order valence-corrected chi connectivity index (χ0v) is 11.2. The van der Waals surface area contributed by atoms with Gasteiger partial charge in [0, 0.05) is 26.2 Å². The van der Waals surface area contributed by atoms with Gasteiger partial charge in [0.15, 0.2) is 0 Å². The van der Waals surface area contributed by atoms with E-state index >= 15 is 0 Å². The van der Waals surface area contributed by atoms with Gasteiger partial charge >= 0.3 is 0 Å². The van der Waals surface area contributed by atoms with Crippen LogP contribution in [0.25, 0.3) is 0 Å². The molecule has 1 saturated carbocycles. The molecule has 0 aromatic heterocycles. The van der Waals surface area contributed by atoms with Gasteiger partial charge in [-0.25, -0.2) is 0 Å². The minimum absolute atomic E-state index is 0.454. The number of ether oxygens (including phenoxy) is 1. The van der Waals surface area contributed by atoms with Crippen molar-refractivity contribution >= 4 is 0 Å². The molecule has 3 nitrogen and oxygen atoms in total. The first-order valence-corrected chi connectivity index (χ1v) is 7.37. The van der Waals surface area contributed by atoms with Gasteiger partial charge in [-0.05, 0) is 44.1 Å². The van der Waals surface area contributed by atoms with Gasteiger partial charge < -0.3 is 15.4 Å². The van der Waals surface area contributed by atoms with Crippen LogP contribution in [0.3, 0.4) is 0 Å². The van der Waals surface area contributed by atoms with Gasteiger partial charge in [0.2, 0.25) is 0 Å². The molecule has 1 aliphatic heterocycles. The molecule has 1 heterocycles. The topological polar surface area (TPSA) is 38.5 Å². The summed E-state index contributed by atoms with van der Waals surface area (Å²) < 4.78 is 5.83. The molecule has 2 aliphatic rings. The lowest BCUT2D eigenvalue weighted by Gasteiger charge is -2.28. The first kappa shape index (κ1) is 13.3. The molecule has 3 atom stereocenters. The van der Waals surface area contributed by atoms with Crippen molar-refractivity contribution in [1.82, 2.24) is 4.90 Å². The van der Waals surface area contributed by atoms with E-state index in [2.05, 4.69) is 11.8 Å². The molecule has 0 bridgehead atoms. The minimum Gasteiger partial charge on any atom is -0.377 e. The van der Waals surface area contributed by atoms with Crippen molar-refractivity contribution in [2.24, 2.45) is 17.6 Å². The molecule has 0 radical (unpaired) electrons. The second-order valence-corrected chi connectivity index (χ2v) is 5.70. The summed E-state index contributed by atoms with van der Waals surface area (Å²) in [4.78, 5) is 2.62. The molecule has 3 unspecified atom stereocenters. The lowest BCUT2D eigenvalue weighted by molar-refractivity contribution is 0.0490. The molecule has 17 heavy (non-hydrogen) atoms. The van der Waals surface area contributed by atoms with E-state index in [1.54, 1.807) is 0 Å². The van der Waals surface area contributed by atoms with Crippen LogP contribution in [0.1, 0.15) is 39.0 Å². The Balaban J connectivity index is 1.84. The molecule has 1 aliphatic carbocycles. The summed E-state index contributed by atoms with van der Waals surface area (Å²) >= 11 is 0. The Kier molecular flexibility index (Phi) is 5.26. The van der Waals surface area contributed by atoms with E-state index in [1.165, 1.54) is 38.8 Å². The SMILES string of the molecule is CCC1CN(CC2CCCC2CN)CCCO1. The van der Waals surface area contributed by atoms with Gasteiger partial charge in [-0.1, -0.05) is 13.3 Å². The molecular formula is C14H28N2O. The monoisotopic (exact) mass is 240 g/mol. The summed E-state index contributed by atoms with van der Waals surface area (Å²) in [5.41, 5.74) is 5.87. The van der Waals surface area contributed by atoms with Crippen molar-refractivity contribution in [3.63, 3.8) is 0 Å². The largest absolute Gasteiger partial charge is 0.377 e. The summed E-state index contributed by atoms with van der Waals surface area (Å²) in [6, 6.07) is 0. The average Bonchev–Trinajstić information content (AvgIpc) is 2.66. The van der Waals surface area contributed by atoms with Crippen molar-refractivity contribution < 1.29 is 4.74 Å². The van der Waals surface area contributed by atoms with Crippen molar-refractivity contribution in [3.8, 4) is 0 Å². The molecule has 2 N–H and O–H groups in total. The van der Waals surface area contributed by atoms with E-state index in [0.29, 0.717) is 6.10 Å². The van der Waals surface area contributed by atoms with Crippen LogP contribution >= 0.6 is 0 Å². The Hall–Kier alpha value is -0.120. The van der Waals surface area contributed by atoms with Gasteiger partial charge in [0.05, 0.1) is 6.10 Å². The van der Waals surface area contributed by atoms with E-state index in [4.69, 9.17) is 10.5 Å². The van der Waals surface area contributed by atoms with Crippen molar-refractivity contribution in [1.29, 1.82) is 0 Å². The highest BCUT2D eigenvalue weighted by atomic mass is 16.5. The van der Waals surface area contributed by atoms with Gasteiger partial charge in [-0.2, -0.15) is 0 Å². The lowest BCUT2D eigenvalue weighted by atomic mass is 9.95.